The van der Waals surface area contributed by atoms with Crippen LogP contribution in [0.4, 0.5) is 0 Å². The highest BCUT2D eigenvalue weighted by molar-refractivity contribution is 7.89. The van der Waals surface area contributed by atoms with E-state index in [1.165, 1.54) is 19.2 Å². The number of nitrogens with zero attached hydrogens (tertiary/aromatic N) is 1. The molecular formula is C18H19N3O6S. The Morgan fingerprint density at radius 2 is 1.96 bits per heavy atom. The number of aromatic amines is 1. The number of esters is 1. The van der Waals surface area contributed by atoms with Gasteiger partial charge >= 0.3 is 11.7 Å². The Morgan fingerprint density at radius 3 is 2.68 bits per heavy atom. The largest absolute Gasteiger partial charge is 0.496 e. The minimum Gasteiger partial charge on any atom is -0.496 e. The van der Waals surface area contributed by atoms with Crippen molar-refractivity contribution in [3.8, 4) is 5.75 Å². The molecule has 0 fully saturated rings. The number of imidazole rings is 1. The van der Waals surface area contributed by atoms with Gasteiger partial charge in [-0.25, -0.2) is 23.1 Å². The molecule has 148 valence electrons. The third-order valence-corrected chi connectivity index (χ3v) is 5.07. The van der Waals surface area contributed by atoms with Crippen LogP contribution in [-0.4, -0.2) is 37.7 Å². The standard InChI is InChI=1S/C18H19N3O6S/c1-26-16-8-7-12(28(19,24)25)11-13(16)17(22)27-10-4-9-21-15-6-3-2-5-14(15)20-18(21)23/h2-3,5-8,11H,4,9-10H2,1H3,(H,20,23)(H2,19,24,25). The van der Waals surface area contributed by atoms with Crippen LogP contribution in [0.15, 0.2) is 52.2 Å². The number of nitrogens with one attached hydrogen (secondary N) is 1. The zero-order chi connectivity index (χ0) is 20.3. The third kappa shape index (κ3) is 4.07. The number of hydrogen-bond donors (Lipinski definition) is 2. The van der Waals surface area contributed by atoms with Crippen LogP contribution in [0.5, 0.6) is 5.75 Å². The van der Waals surface area contributed by atoms with Gasteiger partial charge in [0.1, 0.15) is 11.3 Å². The van der Waals surface area contributed by atoms with Crippen LogP contribution in [-0.2, 0) is 21.3 Å². The van der Waals surface area contributed by atoms with Crippen molar-refractivity contribution >= 4 is 27.0 Å². The van der Waals surface area contributed by atoms with Crippen LogP contribution in [0.2, 0.25) is 0 Å². The molecule has 10 heteroatoms. The summed E-state index contributed by atoms with van der Waals surface area (Å²) in [6.07, 6.45) is 0.394. The van der Waals surface area contributed by atoms with Crippen LogP contribution in [0, 0.1) is 0 Å². The van der Waals surface area contributed by atoms with E-state index in [4.69, 9.17) is 14.6 Å². The smallest absolute Gasteiger partial charge is 0.341 e. The fourth-order valence-electron chi connectivity index (χ4n) is 2.82. The summed E-state index contributed by atoms with van der Waals surface area (Å²) in [7, 11) is -2.62. The molecule has 3 N–H and O–H groups in total. The van der Waals surface area contributed by atoms with Gasteiger partial charge < -0.3 is 14.5 Å². The third-order valence-electron chi connectivity index (χ3n) is 4.16. The number of sulfonamides is 1. The molecule has 1 aromatic heterocycles. The first-order valence-corrected chi connectivity index (χ1v) is 9.91. The summed E-state index contributed by atoms with van der Waals surface area (Å²) in [6, 6.07) is 11.0. The molecule has 3 aromatic rings. The zero-order valence-electron chi connectivity index (χ0n) is 15.0. The lowest BCUT2D eigenvalue weighted by Gasteiger charge is -2.10. The maximum atomic E-state index is 12.3. The number of H-pyrrole nitrogens is 1. The Labute approximate surface area is 160 Å². The maximum Gasteiger partial charge on any atom is 0.341 e. The molecule has 0 amide bonds. The average Bonchev–Trinajstić information content (AvgIpc) is 2.99. The van der Waals surface area contributed by atoms with Gasteiger partial charge in [-0.1, -0.05) is 12.1 Å². The lowest BCUT2D eigenvalue weighted by atomic mass is 10.2. The van der Waals surface area contributed by atoms with Gasteiger partial charge in [0, 0.05) is 6.54 Å². The first kappa shape index (κ1) is 19.6. The van der Waals surface area contributed by atoms with E-state index in [0.717, 1.165) is 17.1 Å². The molecule has 1 heterocycles. The summed E-state index contributed by atoms with van der Waals surface area (Å²) in [4.78, 5) is 26.9. The van der Waals surface area contributed by atoms with Gasteiger partial charge in [0.25, 0.3) is 0 Å². The molecule has 0 aliphatic rings. The van der Waals surface area contributed by atoms with E-state index in [-0.39, 0.29) is 28.5 Å². The molecule has 0 aliphatic heterocycles. The summed E-state index contributed by atoms with van der Waals surface area (Å²) in [5.41, 5.74) is 1.21. The Hall–Kier alpha value is -3.11. The number of hydrogen-bond acceptors (Lipinski definition) is 6. The first-order valence-electron chi connectivity index (χ1n) is 8.37. The van der Waals surface area contributed by atoms with Crippen molar-refractivity contribution in [3.05, 3.63) is 58.5 Å². The molecule has 0 aliphatic carbocycles. The normalized spacial score (nSPS) is 11.5. The number of methoxy groups -OCH3 is 1. The number of aromatic nitrogens is 2. The van der Waals surface area contributed by atoms with Crippen LogP contribution in [0.25, 0.3) is 11.0 Å². The number of carbonyl (C=O) groups excluding carboxylic acids is 1. The van der Waals surface area contributed by atoms with Gasteiger partial charge in [-0.05, 0) is 36.8 Å². The van der Waals surface area contributed by atoms with Crippen LogP contribution in [0.1, 0.15) is 16.8 Å². The number of para-hydroxylation sites is 2. The summed E-state index contributed by atoms with van der Waals surface area (Å²) in [5.74, 6) is -0.570. The van der Waals surface area contributed by atoms with Gasteiger partial charge in [-0.3, -0.25) is 4.57 Å². The molecular weight excluding hydrogens is 386 g/mol. The van der Waals surface area contributed by atoms with Gasteiger partial charge in [-0.15, -0.1) is 0 Å². The number of nitrogens with two attached hydrogens (primary N) is 1. The van der Waals surface area contributed by atoms with Crippen molar-refractivity contribution < 1.29 is 22.7 Å². The van der Waals surface area contributed by atoms with E-state index >= 15 is 0 Å². The summed E-state index contributed by atoms with van der Waals surface area (Å²) in [5, 5.41) is 5.10. The molecule has 0 saturated carbocycles. The minimum atomic E-state index is -3.97. The van der Waals surface area contributed by atoms with Crippen molar-refractivity contribution in [1.29, 1.82) is 0 Å². The van der Waals surface area contributed by atoms with E-state index in [2.05, 4.69) is 4.98 Å². The first-order chi connectivity index (χ1) is 13.3. The maximum absolute atomic E-state index is 12.3. The number of aryl methyl sites for hydroxylation is 1. The number of ether oxygens (including phenoxy) is 2. The van der Waals surface area contributed by atoms with E-state index in [1.807, 2.05) is 18.2 Å². The fourth-order valence-corrected chi connectivity index (χ4v) is 3.36. The summed E-state index contributed by atoms with van der Waals surface area (Å²) in [6.45, 7) is 0.387. The summed E-state index contributed by atoms with van der Waals surface area (Å²) >= 11 is 0. The van der Waals surface area contributed by atoms with Crippen LogP contribution < -0.4 is 15.6 Å². The number of carbonyl (C=O) groups is 1. The van der Waals surface area contributed by atoms with Crippen molar-refractivity contribution in [3.63, 3.8) is 0 Å². The van der Waals surface area contributed by atoms with E-state index < -0.39 is 16.0 Å². The Morgan fingerprint density at radius 1 is 1.21 bits per heavy atom. The van der Waals surface area contributed by atoms with E-state index in [9.17, 15) is 18.0 Å². The van der Waals surface area contributed by atoms with Crippen LogP contribution >= 0.6 is 0 Å². The minimum absolute atomic E-state index is 0.0353. The molecule has 3 rings (SSSR count). The number of primary sulfonamides is 1. The summed E-state index contributed by atoms with van der Waals surface area (Å²) < 4.78 is 34.8. The van der Waals surface area contributed by atoms with E-state index in [0.29, 0.717) is 13.0 Å². The second-order valence-electron chi connectivity index (χ2n) is 6.00. The number of fused-ring (bicyclic) bond motifs is 1. The van der Waals surface area contributed by atoms with Gasteiger partial charge in [0.2, 0.25) is 10.0 Å². The molecule has 28 heavy (non-hydrogen) atoms. The molecule has 0 bridgehead atoms. The topological polar surface area (TPSA) is 133 Å². The monoisotopic (exact) mass is 405 g/mol. The lowest BCUT2D eigenvalue weighted by molar-refractivity contribution is 0.0492. The number of rotatable bonds is 7. The Balaban J connectivity index is 1.67. The van der Waals surface area contributed by atoms with Crippen molar-refractivity contribution in [2.45, 2.75) is 17.9 Å². The Kier molecular flexibility index (Phi) is 5.52. The molecule has 0 atom stereocenters. The highest BCUT2D eigenvalue weighted by Crippen LogP contribution is 2.23. The molecule has 9 nitrogen and oxygen atoms in total. The SMILES string of the molecule is COc1ccc(S(N)(=O)=O)cc1C(=O)OCCCn1c(=O)[nH]c2ccccc21. The predicted octanol–water partition coefficient (Wildman–Crippen LogP) is 1.23. The second-order valence-corrected chi connectivity index (χ2v) is 7.56. The van der Waals surface area contributed by atoms with Crippen LogP contribution in [0.3, 0.4) is 0 Å². The van der Waals surface area contributed by atoms with E-state index in [1.54, 1.807) is 10.6 Å². The van der Waals surface area contributed by atoms with Gasteiger partial charge in [-0.2, -0.15) is 0 Å². The molecule has 0 saturated heterocycles. The molecule has 0 radical (unpaired) electrons. The van der Waals surface area contributed by atoms with Gasteiger partial charge in [0.05, 0.1) is 29.6 Å². The van der Waals surface area contributed by atoms with Crippen molar-refractivity contribution in [2.24, 2.45) is 5.14 Å². The molecule has 0 unspecified atom stereocenters. The second kappa shape index (κ2) is 7.87. The predicted molar refractivity (Wildman–Crippen MR) is 102 cm³/mol. The quantitative estimate of drug-likeness (QED) is 0.449. The van der Waals surface area contributed by atoms with Crippen molar-refractivity contribution in [2.75, 3.05) is 13.7 Å². The average molecular weight is 405 g/mol. The fraction of sp³-hybridized carbons (Fsp3) is 0.222. The zero-order valence-corrected chi connectivity index (χ0v) is 15.9. The van der Waals surface area contributed by atoms with Crippen molar-refractivity contribution in [1.82, 2.24) is 9.55 Å². The molecule has 0 spiro atoms. The van der Waals surface area contributed by atoms with Gasteiger partial charge in [0.15, 0.2) is 0 Å². The highest BCUT2D eigenvalue weighted by atomic mass is 32.2. The molecule has 2 aromatic carbocycles. The lowest BCUT2D eigenvalue weighted by Crippen LogP contribution is -2.18. The number of benzene rings is 2. The highest BCUT2D eigenvalue weighted by Gasteiger charge is 2.18. The Bertz CT molecular complexity index is 1180.